The Hall–Kier alpha value is -3.02. The first-order chi connectivity index (χ1) is 10.8. The predicted octanol–water partition coefficient (Wildman–Crippen LogP) is 2.59. The van der Waals surface area contributed by atoms with E-state index in [0.29, 0.717) is 13.1 Å². The average Bonchev–Trinajstić information content (AvgIpc) is 2.61. The van der Waals surface area contributed by atoms with Gasteiger partial charge < -0.3 is 20.2 Å². The number of benzene rings is 2. The van der Waals surface area contributed by atoms with E-state index >= 15 is 0 Å². The van der Waals surface area contributed by atoms with Crippen molar-refractivity contribution in [2.45, 2.75) is 0 Å². The predicted molar refractivity (Wildman–Crippen MR) is 86.0 cm³/mol. The van der Waals surface area contributed by atoms with E-state index in [1.54, 1.807) is 0 Å². The van der Waals surface area contributed by atoms with Crippen LogP contribution >= 0.6 is 0 Å². The molecule has 1 heterocycles. The second-order valence-electron chi connectivity index (χ2n) is 4.82. The Morgan fingerprint density at radius 3 is 1.32 bits per heavy atom. The Morgan fingerprint density at radius 1 is 0.636 bits per heavy atom. The lowest BCUT2D eigenvalue weighted by Gasteiger charge is -2.37. The molecule has 1 aliphatic heterocycles. The van der Waals surface area contributed by atoms with Crippen molar-refractivity contribution in [3.05, 3.63) is 60.7 Å². The third-order valence-corrected chi connectivity index (χ3v) is 3.58. The molecule has 0 bridgehead atoms. The molecule has 1 fully saturated rings. The number of amidine groups is 2. The first-order valence-electron chi connectivity index (χ1n) is 6.95. The van der Waals surface area contributed by atoms with Gasteiger partial charge in [-0.1, -0.05) is 46.7 Å². The highest BCUT2D eigenvalue weighted by molar-refractivity contribution is 6.50. The van der Waals surface area contributed by atoms with Crippen molar-refractivity contribution < 1.29 is 10.4 Å². The average molecular weight is 296 g/mol. The number of piperazine rings is 1. The number of anilines is 2. The topological polar surface area (TPSA) is 71.7 Å². The first-order valence-corrected chi connectivity index (χ1v) is 6.95. The van der Waals surface area contributed by atoms with Crippen LogP contribution in [0.2, 0.25) is 0 Å². The van der Waals surface area contributed by atoms with Crippen LogP contribution in [0.4, 0.5) is 11.4 Å². The molecule has 1 saturated heterocycles. The quantitative estimate of drug-likeness (QED) is 0.660. The third kappa shape index (κ3) is 2.46. The molecule has 2 N–H and O–H groups in total. The molecular weight excluding hydrogens is 280 g/mol. The molecule has 22 heavy (non-hydrogen) atoms. The van der Waals surface area contributed by atoms with Crippen molar-refractivity contribution in [3.63, 3.8) is 0 Å². The minimum atomic E-state index is 0.212. The normalized spacial score (nSPS) is 18.9. The molecule has 0 amide bonds. The van der Waals surface area contributed by atoms with Crippen LogP contribution in [0.15, 0.2) is 71.0 Å². The molecule has 1 aliphatic rings. The molecule has 0 spiro atoms. The van der Waals surface area contributed by atoms with Crippen molar-refractivity contribution in [3.8, 4) is 0 Å². The summed E-state index contributed by atoms with van der Waals surface area (Å²) in [5.41, 5.74) is 1.76. The van der Waals surface area contributed by atoms with Gasteiger partial charge in [-0.25, -0.2) is 0 Å². The van der Waals surface area contributed by atoms with Crippen LogP contribution in [0, 0.1) is 0 Å². The van der Waals surface area contributed by atoms with Gasteiger partial charge >= 0.3 is 0 Å². The number of hydrogen-bond acceptors (Lipinski definition) is 4. The summed E-state index contributed by atoms with van der Waals surface area (Å²) in [6, 6.07) is 19.1. The summed E-state index contributed by atoms with van der Waals surface area (Å²) in [5.74, 6) is 0.424. The minimum absolute atomic E-state index is 0.212. The van der Waals surface area contributed by atoms with E-state index in [0.717, 1.165) is 11.4 Å². The van der Waals surface area contributed by atoms with Gasteiger partial charge in [0.05, 0.1) is 0 Å². The largest absolute Gasteiger partial charge is 0.409 e. The van der Waals surface area contributed by atoms with E-state index in [1.807, 2.05) is 70.5 Å². The molecule has 2 aromatic rings. The van der Waals surface area contributed by atoms with Crippen LogP contribution in [0.5, 0.6) is 0 Å². The Bertz CT molecular complexity index is 624. The monoisotopic (exact) mass is 296 g/mol. The van der Waals surface area contributed by atoms with E-state index in [4.69, 9.17) is 0 Å². The molecule has 0 atom stereocenters. The van der Waals surface area contributed by atoms with E-state index < -0.39 is 0 Å². The Labute approximate surface area is 128 Å². The highest BCUT2D eigenvalue weighted by atomic mass is 16.4. The molecule has 6 nitrogen and oxygen atoms in total. The van der Waals surface area contributed by atoms with Crippen LogP contribution in [0.1, 0.15) is 0 Å². The number of nitrogens with zero attached hydrogens (tertiary/aromatic N) is 4. The lowest BCUT2D eigenvalue weighted by atomic mass is 10.2. The summed E-state index contributed by atoms with van der Waals surface area (Å²) >= 11 is 0. The van der Waals surface area contributed by atoms with E-state index in [1.165, 1.54) is 0 Å². The van der Waals surface area contributed by atoms with E-state index in [9.17, 15) is 10.4 Å². The van der Waals surface area contributed by atoms with Gasteiger partial charge in [-0.3, -0.25) is 0 Å². The van der Waals surface area contributed by atoms with Crippen LogP contribution < -0.4 is 9.80 Å². The SMILES string of the molecule is ON=C1C(=NO)N(c2ccccc2)CCN1c1ccccc1. The zero-order chi connectivity index (χ0) is 15.4. The van der Waals surface area contributed by atoms with Crippen LogP contribution in [-0.4, -0.2) is 35.2 Å². The smallest absolute Gasteiger partial charge is 0.219 e. The summed E-state index contributed by atoms with van der Waals surface area (Å²) in [6.07, 6.45) is 0. The van der Waals surface area contributed by atoms with Crippen LogP contribution in [-0.2, 0) is 0 Å². The second kappa shape index (κ2) is 6.17. The van der Waals surface area contributed by atoms with Gasteiger partial charge in [0, 0.05) is 24.5 Å². The molecule has 0 aliphatic carbocycles. The summed E-state index contributed by atoms with van der Waals surface area (Å²) < 4.78 is 0. The minimum Gasteiger partial charge on any atom is -0.409 e. The van der Waals surface area contributed by atoms with Gasteiger partial charge in [-0.05, 0) is 24.3 Å². The van der Waals surface area contributed by atoms with E-state index in [-0.39, 0.29) is 11.7 Å². The van der Waals surface area contributed by atoms with Gasteiger partial charge in [0.1, 0.15) is 0 Å². The number of oxime groups is 2. The summed E-state index contributed by atoms with van der Waals surface area (Å²) in [7, 11) is 0. The Balaban J connectivity index is 1.97. The van der Waals surface area contributed by atoms with Crippen LogP contribution in [0.25, 0.3) is 0 Å². The molecule has 0 unspecified atom stereocenters. The summed E-state index contributed by atoms with van der Waals surface area (Å²) in [5, 5.41) is 25.5. The fourth-order valence-corrected chi connectivity index (χ4v) is 2.57. The standard InChI is InChI=1S/C16H16N4O2/c21-17-15-16(18-22)20(14-9-5-2-6-10-14)12-11-19(15)13-7-3-1-4-8-13/h1-10,21-22H,11-12H2. The molecular formula is C16H16N4O2. The van der Waals surface area contributed by atoms with Crippen molar-refractivity contribution in [1.82, 2.24) is 0 Å². The van der Waals surface area contributed by atoms with Gasteiger partial charge in [-0.2, -0.15) is 0 Å². The van der Waals surface area contributed by atoms with Crippen molar-refractivity contribution in [1.29, 1.82) is 0 Å². The number of rotatable bonds is 2. The van der Waals surface area contributed by atoms with Crippen molar-refractivity contribution in [2.24, 2.45) is 10.3 Å². The molecule has 112 valence electrons. The molecule has 2 aromatic carbocycles. The highest BCUT2D eigenvalue weighted by Crippen LogP contribution is 2.23. The maximum atomic E-state index is 9.42. The second-order valence-corrected chi connectivity index (χ2v) is 4.82. The Morgan fingerprint density at radius 2 is 1.00 bits per heavy atom. The maximum Gasteiger partial charge on any atom is 0.219 e. The van der Waals surface area contributed by atoms with Gasteiger partial charge in [0.2, 0.25) is 11.7 Å². The fourth-order valence-electron chi connectivity index (χ4n) is 2.57. The summed E-state index contributed by atoms with van der Waals surface area (Å²) in [6.45, 7) is 1.22. The Kier molecular flexibility index (Phi) is 3.91. The molecule has 0 aromatic heterocycles. The number of hydrogen-bond donors (Lipinski definition) is 2. The third-order valence-electron chi connectivity index (χ3n) is 3.58. The van der Waals surface area contributed by atoms with Gasteiger partial charge in [0.25, 0.3) is 0 Å². The zero-order valence-corrected chi connectivity index (χ0v) is 11.9. The summed E-state index contributed by atoms with van der Waals surface area (Å²) in [4.78, 5) is 3.63. The first kappa shape index (κ1) is 13.9. The molecule has 3 rings (SSSR count). The van der Waals surface area contributed by atoms with Crippen molar-refractivity contribution in [2.75, 3.05) is 22.9 Å². The van der Waals surface area contributed by atoms with Gasteiger partial charge in [-0.15, -0.1) is 0 Å². The molecule has 0 radical (unpaired) electrons. The highest BCUT2D eigenvalue weighted by Gasteiger charge is 2.31. The van der Waals surface area contributed by atoms with Crippen LogP contribution in [0.3, 0.4) is 0 Å². The molecule has 0 saturated carbocycles. The zero-order valence-electron chi connectivity index (χ0n) is 11.9. The number of para-hydroxylation sites is 2. The maximum absolute atomic E-state index is 9.42. The van der Waals surface area contributed by atoms with Crippen molar-refractivity contribution >= 4 is 23.0 Å². The fraction of sp³-hybridized carbons (Fsp3) is 0.125. The van der Waals surface area contributed by atoms with Gasteiger partial charge in [0.15, 0.2) is 0 Å². The van der Waals surface area contributed by atoms with E-state index in [2.05, 4.69) is 10.3 Å². The lowest BCUT2D eigenvalue weighted by molar-refractivity contribution is 0.311. The lowest BCUT2D eigenvalue weighted by Crippen LogP contribution is -2.55. The molecule has 6 heteroatoms.